The SMILES string of the molecule is CCOC(=O)N1CCN(c2nc(Nc3ccccc3)c3ccccc3n2)CC1. The van der Waals surface area contributed by atoms with Crippen molar-refractivity contribution in [3.63, 3.8) is 0 Å². The van der Waals surface area contributed by atoms with Crippen LogP contribution in [-0.2, 0) is 4.74 Å². The largest absolute Gasteiger partial charge is 0.450 e. The number of anilines is 3. The Bertz CT molecular complexity index is 955. The molecule has 2 aromatic carbocycles. The van der Waals surface area contributed by atoms with Gasteiger partial charge in [0.2, 0.25) is 5.95 Å². The van der Waals surface area contributed by atoms with Crippen molar-refractivity contribution >= 4 is 34.4 Å². The number of benzene rings is 2. The highest BCUT2D eigenvalue weighted by Crippen LogP contribution is 2.26. The molecule has 1 saturated heterocycles. The molecule has 28 heavy (non-hydrogen) atoms. The molecule has 2 heterocycles. The van der Waals surface area contributed by atoms with Crippen molar-refractivity contribution in [3.05, 3.63) is 54.6 Å². The Kier molecular flexibility index (Phi) is 5.23. The maximum absolute atomic E-state index is 11.9. The number of nitrogens with zero attached hydrogens (tertiary/aromatic N) is 4. The molecule has 0 radical (unpaired) electrons. The number of hydrogen-bond donors (Lipinski definition) is 1. The van der Waals surface area contributed by atoms with Crippen LogP contribution in [0.1, 0.15) is 6.92 Å². The molecule has 1 fully saturated rings. The number of rotatable bonds is 4. The Morgan fingerprint density at radius 2 is 1.71 bits per heavy atom. The molecule has 1 amide bonds. The molecule has 0 saturated carbocycles. The zero-order valence-electron chi connectivity index (χ0n) is 15.8. The summed E-state index contributed by atoms with van der Waals surface area (Å²) in [6.45, 7) is 4.73. The fourth-order valence-electron chi connectivity index (χ4n) is 3.26. The van der Waals surface area contributed by atoms with Crippen LogP contribution >= 0.6 is 0 Å². The number of carbonyl (C=O) groups is 1. The monoisotopic (exact) mass is 377 g/mol. The van der Waals surface area contributed by atoms with Gasteiger partial charge in [0.15, 0.2) is 0 Å². The van der Waals surface area contributed by atoms with Crippen LogP contribution in [0.3, 0.4) is 0 Å². The summed E-state index contributed by atoms with van der Waals surface area (Å²) in [4.78, 5) is 25.3. The van der Waals surface area contributed by atoms with Gasteiger partial charge in [-0.2, -0.15) is 4.98 Å². The van der Waals surface area contributed by atoms with Gasteiger partial charge in [-0.1, -0.05) is 30.3 Å². The lowest BCUT2D eigenvalue weighted by molar-refractivity contribution is 0.105. The maximum atomic E-state index is 11.9. The summed E-state index contributed by atoms with van der Waals surface area (Å²) in [6.07, 6.45) is -0.256. The molecule has 144 valence electrons. The smallest absolute Gasteiger partial charge is 0.409 e. The highest BCUT2D eigenvalue weighted by molar-refractivity contribution is 5.91. The van der Waals surface area contributed by atoms with Crippen molar-refractivity contribution < 1.29 is 9.53 Å². The quantitative estimate of drug-likeness (QED) is 0.748. The predicted molar refractivity (Wildman–Crippen MR) is 110 cm³/mol. The summed E-state index contributed by atoms with van der Waals surface area (Å²) >= 11 is 0. The molecule has 0 spiro atoms. The zero-order valence-corrected chi connectivity index (χ0v) is 15.8. The third kappa shape index (κ3) is 3.83. The van der Waals surface area contributed by atoms with E-state index in [0.717, 1.165) is 22.4 Å². The van der Waals surface area contributed by atoms with Gasteiger partial charge in [-0.15, -0.1) is 0 Å². The van der Waals surface area contributed by atoms with Crippen LogP contribution in [0.25, 0.3) is 10.9 Å². The summed E-state index contributed by atoms with van der Waals surface area (Å²) in [7, 11) is 0. The number of amides is 1. The van der Waals surface area contributed by atoms with E-state index in [2.05, 4.69) is 10.2 Å². The number of aromatic nitrogens is 2. The molecule has 1 N–H and O–H groups in total. The first kappa shape index (κ1) is 18.0. The van der Waals surface area contributed by atoms with Crippen LogP contribution in [0.5, 0.6) is 0 Å². The van der Waals surface area contributed by atoms with E-state index >= 15 is 0 Å². The normalized spacial score (nSPS) is 14.2. The molecule has 0 bridgehead atoms. The summed E-state index contributed by atoms with van der Waals surface area (Å²) in [5.74, 6) is 1.44. The number of fused-ring (bicyclic) bond motifs is 1. The molecule has 0 unspecified atom stereocenters. The number of para-hydroxylation sites is 2. The van der Waals surface area contributed by atoms with E-state index in [1.54, 1.807) is 4.90 Å². The van der Waals surface area contributed by atoms with Crippen LogP contribution in [0.4, 0.5) is 22.2 Å². The van der Waals surface area contributed by atoms with Gasteiger partial charge in [-0.25, -0.2) is 9.78 Å². The van der Waals surface area contributed by atoms with Gasteiger partial charge in [0.1, 0.15) is 5.82 Å². The minimum Gasteiger partial charge on any atom is -0.450 e. The lowest BCUT2D eigenvalue weighted by atomic mass is 10.2. The number of piperazine rings is 1. The van der Waals surface area contributed by atoms with E-state index in [9.17, 15) is 4.79 Å². The topological polar surface area (TPSA) is 70.6 Å². The molecule has 1 aliphatic rings. The predicted octanol–water partition coefficient (Wildman–Crippen LogP) is 3.65. The van der Waals surface area contributed by atoms with E-state index in [4.69, 9.17) is 14.7 Å². The second-order valence-electron chi connectivity index (χ2n) is 6.55. The first-order chi connectivity index (χ1) is 13.7. The average molecular weight is 377 g/mol. The first-order valence-corrected chi connectivity index (χ1v) is 9.50. The van der Waals surface area contributed by atoms with Crippen LogP contribution in [-0.4, -0.2) is 53.7 Å². The Morgan fingerprint density at radius 3 is 2.46 bits per heavy atom. The Balaban J connectivity index is 1.59. The van der Waals surface area contributed by atoms with Gasteiger partial charge in [0.05, 0.1) is 12.1 Å². The minimum atomic E-state index is -0.256. The van der Waals surface area contributed by atoms with Crippen molar-refractivity contribution in [2.24, 2.45) is 0 Å². The van der Waals surface area contributed by atoms with E-state index in [0.29, 0.717) is 38.7 Å². The molecule has 1 aromatic heterocycles. The Morgan fingerprint density at radius 1 is 1.00 bits per heavy atom. The van der Waals surface area contributed by atoms with Crippen molar-refractivity contribution in [1.29, 1.82) is 0 Å². The van der Waals surface area contributed by atoms with Crippen molar-refractivity contribution in [2.45, 2.75) is 6.92 Å². The van der Waals surface area contributed by atoms with Crippen LogP contribution < -0.4 is 10.2 Å². The second kappa shape index (κ2) is 8.12. The Labute approximate surface area is 164 Å². The van der Waals surface area contributed by atoms with Gasteiger partial charge in [-0.3, -0.25) is 0 Å². The van der Waals surface area contributed by atoms with Crippen molar-refractivity contribution in [3.8, 4) is 0 Å². The molecular weight excluding hydrogens is 354 g/mol. The molecule has 0 atom stereocenters. The van der Waals surface area contributed by atoms with Gasteiger partial charge in [0.25, 0.3) is 0 Å². The van der Waals surface area contributed by atoms with Crippen LogP contribution in [0, 0.1) is 0 Å². The lowest BCUT2D eigenvalue weighted by Gasteiger charge is -2.34. The van der Waals surface area contributed by atoms with Gasteiger partial charge < -0.3 is 19.9 Å². The second-order valence-corrected chi connectivity index (χ2v) is 6.55. The number of carbonyl (C=O) groups excluding carboxylic acids is 1. The zero-order chi connectivity index (χ0) is 19.3. The highest BCUT2D eigenvalue weighted by atomic mass is 16.6. The Hall–Kier alpha value is -3.35. The molecule has 4 rings (SSSR count). The van der Waals surface area contributed by atoms with E-state index in [-0.39, 0.29) is 6.09 Å². The number of hydrogen-bond acceptors (Lipinski definition) is 6. The summed E-state index contributed by atoms with van der Waals surface area (Å²) in [5.41, 5.74) is 1.86. The van der Waals surface area contributed by atoms with Crippen LogP contribution in [0.15, 0.2) is 54.6 Å². The fraction of sp³-hybridized carbons (Fsp3) is 0.286. The highest BCUT2D eigenvalue weighted by Gasteiger charge is 2.24. The molecule has 0 aliphatic carbocycles. The maximum Gasteiger partial charge on any atom is 0.409 e. The van der Waals surface area contributed by atoms with Gasteiger partial charge in [-0.05, 0) is 31.2 Å². The lowest BCUT2D eigenvalue weighted by Crippen LogP contribution is -2.49. The van der Waals surface area contributed by atoms with E-state index in [1.165, 1.54) is 0 Å². The molecular formula is C21H23N5O2. The molecule has 1 aliphatic heterocycles. The van der Waals surface area contributed by atoms with Crippen molar-refractivity contribution in [2.75, 3.05) is 43.0 Å². The standard InChI is InChI=1S/C21H23N5O2/c1-2-28-21(27)26-14-12-25(13-15-26)20-23-18-11-7-6-10-17(18)19(24-20)22-16-8-4-3-5-9-16/h3-11H,2,12-15H2,1H3,(H,22,23,24). The third-order valence-corrected chi connectivity index (χ3v) is 4.72. The number of ether oxygens (including phenoxy) is 1. The summed E-state index contributed by atoms with van der Waals surface area (Å²) in [6, 6.07) is 17.9. The molecule has 3 aromatic rings. The molecule has 7 heteroatoms. The van der Waals surface area contributed by atoms with Crippen LogP contribution in [0.2, 0.25) is 0 Å². The summed E-state index contributed by atoms with van der Waals surface area (Å²) < 4.78 is 5.09. The first-order valence-electron chi connectivity index (χ1n) is 9.50. The van der Waals surface area contributed by atoms with Gasteiger partial charge in [0, 0.05) is 37.3 Å². The van der Waals surface area contributed by atoms with E-state index < -0.39 is 0 Å². The minimum absolute atomic E-state index is 0.256. The fourth-order valence-corrected chi connectivity index (χ4v) is 3.26. The third-order valence-electron chi connectivity index (χ3n) is 4.72. The summed E-state index contributed by atoms with van der Waals surface area (Å²) in [5, 5.41) is 4.38. The van der Waals surface area contributed by atoms with Gasteiger partial charge >= 0.3 is 6.09 Å². The van der Waals surface area contributed by atoms with Crippen molar-refractivity contribution in [1.82, 2.24) is 14.9 Å². The number of nitrogens with one attached hydrogen (secondary N) is 1. The average Bonchev–Trinajstić information content (AvgIpc) is 2.75. The molecule has 7 nitrogen and oxygen atoms in total. The van der Waals surface area contributed by atoms with E-state index in [1.807, 2.05) is 61.5 Å².